The molecule has 1 N–H and O–H groups in total. The Morgan fingerprint density at radius 2 is 2.17 bits per heavy atom. The summed E-state index contributed by atoms with van der Waals surface area (Å²) in [5.74, 6) is -0.505. The number of tetrazole rings is 1. The largest absolute Gasteiger partial charge is 0.489 e. The number of benzene rings is 1. The Hall–Kier alpha value is -3.09. The van der Waals surface area contributed by atoms with Crippen LogP contribution in [0.2, 0.25) is 0 Å². The number of carboxylic acids is 1. The highest BCUT2D eigenvalue weighted by Gasteiger charge is 2.26. The summed E-state index contributed by atoms with van der Waals surface area (Å²) in [6, 6.07) is 4.32. The quantitative estimate of drug-likeness (QED) is 0.571. The van der Waals surface area contributed by atoms with Crippen molar-refractivity contribution in [2.75, 3.05) is 18.0 Å². The van der Waals surface area contributed by atoms with Crippen LogP contribution in [0.4, 0.5) is 10.3 Å². The van der Waals surface area contributed by atoms with Crippen molar-refractivity contribution in [3.05, 3.63) is 28.5 Å². The van der Waals surface area contributed by atoms with Gasteiger partial charge in [0.05, 0.1) is 4.47 Å². The Balaban J connectivity index is 1.39. The van der Waals surface area contributed by atoms with Crippen molar-refractivity contribution in [2.24, 2.45) is 0 Å². The SMILES string of the molecule is O=C(O)Cn1nnnc1-c1nc(N2CCC(Oc3cc(F)ccc3Br)CC2)no1. The first-order chi connectivity index (χ1) is 14.0. The average Bonchev–Trinajstić information content (AvgIpc) is 3.34. The third-order valence-corrected chi connectivity index (χ3v) is 4.99. The number of carbonyl (C=O) groups is 1. The molecule has 1 saturated heterocycles. The van der Waals surface area contributed by atoms with E-state index in [1.54, 1.807) is 6.07 Å². The van der Waals surface area contributed by atoms with E-state index in [4.69, 9.17) is 14.4 Å². The Bertz CT molecular complexity index is 1020. The van der Waals surface area contributed by atoms with Gasteiger partial charge in [-0.05, 0) is 43.6 Å². The molecule has 0 saturated carbocycles. The Labute approximate surface area is 171 Å². The second kappa shape index (κ2) is 8.11. The molecule has 13 heteroatoms. The zero-order valence-electron chi connectivity index (χ0n) is 14.9. The predicted octanol–water partition coefficient (Wildman–Crippen LogP) is 1.76. The van der Waals surface area contributed by atoms with Crippen LogP contribution in [0.25, 0.3) is 11.7 Å². The molecule has 0 aliphatic carbocycles. The molecule has 0 unspecified atom stereocenters. The van der Waals surface area contributed by atoms with Gasteiger partial charge in [0.1, 0.15) is 24.2 Å². The van der Waals surface area contributed by atoms with Gasteiger partial charge < -0.3 is 19.3 Å². The molecule has 3 aromatic rings. The van der Waals surface area contributed by atoms with Crippen LogP contribution in [0.5, 0.6) is 5.75 Å². The molecule has 1 fully saturated rings. The van der Waals surface area contributed by atoms with Crippen LogP contribution < -0.4 is 9.64 Å². The van der Waals surface area contributed by atoms with E-state index in [9.17, 15) is 9.18 Å². The van der Waals surface area contributed by atoms with Crippen LogP contribution in [-0.4, -0.2) is 60.6 Å². The van der Waals surface area contributed by atoms with Crippen LogP contribution in [0.1, 0.15) is 12.8 Å². The van der Waals surface area contributed by atoms with Crippen molar-refractivity contribution in [3.8, 4) is 17.5 Å². The van der Waals surface area contributed by atoms with E-state index in [1.807, 2.05) is 4.90 Å². The first kappa shape index (κ1) is 19.2. The van der Waals surface area contributed by atoms with Gasteiger partial charge in [-0.3, -0.25) is 4.79 Å². The van der Waals surface area contributed by atoms with E-state index in [-0.39, 0.29) is 23.6 Å². The van der Waals surface area contributed by atoms with Gasteiger partial charge in [0.15, 0.2) is 0 Å². The van der Waals surface area contributed by atoms with Crippen molar-refractivity contribution in [3.63, 3.8) is 0 Å². The van der Waals surface area contributed by atoms with Gasteiger partial charge in [0.25, 0.3) is 11.8 Å². The number of aliphatic carboxylic acids is 1. The van der Waals surface area contributed by atoms with Gasteiger partial charge in [-0.15, -0.1) is 5.10 Å². The van der Waals surface area contributed by atoms with E-state index in [0.717, 1.165) is 4.68 Å². The van der Waals surface area contributed by atoms with Gasteiger partial charge in [-0.2, -0.15) is 4.98 Å². The lowest BCUT2D eigenvalue weighted by Gasteiger charge is -2.31. The Morgan fingerprint density at radius 3 is 2.93 bits per heavy atom. The summed E-state index contributed by atoms with van der Waals surface area (Å²) in [5, 5.41) is 23.6. The minimum Gasteiger partial charge on any atom is -0.489 e. The van der Waals surface area contributed by atoms with Crippen LogP contribution in [0.15, 0.2) is 27.2 Å². The van der Waals surface area contributed by atoms with Crippen LogP contribution in [-0.2, 0) is 11.3 Å². The van der Waals surface area contributed by atoms with Gasteiger partial charge in [0, 0.05) is 32.0 Å². The number of hydrogen-bond donors (Lipinski definition) is 1. The molecule has 1 aliphatic heterocycles. The molecule has 2 aromatic heterocycles. The zero-order valence-corrected chi connectivity index (χ0v) is 16.5. The second-order valence-electron chi connectivity index (χ2n) is 6.33. The number of aromatic nitrogens is 6. The van der Waals surface area contributed by atoms with Crippen molar-refractivity contribution >= 4 is 27.8 Å². The standard InChI is InChI=1S/C16H15BrFN7O4/c17-11-2-1-9(18)7-12(11)28-10-3-5-24(6-4-10)16-19-15(29-21-16)14-20-22-23-25(14)8-13(26)27/h1-2,7,10H,3-6,8H2,(H,26,27). The maximum absolute atomic E-state index is 13.4. The van der Waals surface area contributed by atoms with E-state index in [1.165, 1.54) is 12.1 Å². The smallest absolute Gasteiger partial charge is 0.325 e. The summed E-state index contributed by atoms with van der Waals surface area (Å²) >= 11 is 3.36. The summed E-state index contributed by atoms with van der Waals surface area (Å²) in [5.41, 5.74) is 0. The lowest BCUT2D eigenvalue weighted by atomic mass is 10.1. The first-order valence-electron chi connectivity index (χ1n) is 8.68. The third kappa shape index (κ3) is 4.34. The number of hydrogen-bond acceptors (Lipinski definition) is 9. The lowest BCUT2D eigenvalue weighted by Crippen LogP contribution is -2.38. The van der Waals surface area contributed by atoms with Gasteiger partial charge in [0.2, 0.25) is 5.82 Å². The highest BCUT2D eigenvalue weighted by molar-refractivity contribution is 9.10. The van der Waals surface area contributed by atoms with Crippen molar-refractivity contribution < 1.29 is 23.6 Å². The van der Waals surface area contributed by atoms with Crippen LogP contribution in [0.3, 0.4) is 0 Å². The number of carboxylic acid groups (broad SMARTS) is 1. The summed E-state index contributed by atoms with van der Waals surface area (Å²) in [7, 11) is 0. The molecule has 11 nitrogen and oxygen atoms in total. The van der Waals surface area contributed by atoms with Gasteiger partial charge in [-0.25, -0.2) is 9.07 Å². The Morgan fingerprint density at radius 1 is 1.38 bits per heavy atom. The van der Waals surface area contributed by atoms with E-state index < -0.39 is 12.5 Å². The van der Waals surface area contributed by atoms with Crippen molar-refractivity contribution in [2.45, 2.75) is 25.5 Å². The predicted molar refractivity (Wildman–Crippen MR) is 98.7 cm³/mol. The fourth-order valence-corrected chi connectivity index (χ4v) is 3.29. The monoisotopic (exact) mass is 467 g/mol. The van der Waals surface area contributed by atoms with Crippen molar-refractivity contribution in [1.82, 2.24) is 30.3 Å². The minimum atomic E-state index is -1.09. The molecular formula is C16H15BrFN7O4. The molecule has 3 heterocycles. The molecule has 0 spiro atoms. The third-order valence-electron chi connectivity index (χ3n) is 4.34. The first-order valence-corrected chi connectivity index (χ1v) is 9.47. The number of halogens is 2. The summed E-state index contributed by atoms with van der Waals surface area (Å²) < 4.78 is 26.3. The maximum Gasteiger partial charge on any atom is 0.325 e. The van der Waals surface area contributed by atoms with Crippen molar-refractivity contribution in [1.29, 1.82) is 0 Å². The number of ether oxygens (including phenoxy) is 1. The van der Waals surface area contributed by atoms with E-state index in [2.05, 4.69) is 41.6 Å². The molecule has 0 atom stereocenters. The molecule has 152 valence electrons. The van der Waals surface area contributed by atoms with Crippen LogP contribution in [0, 0.1) is 5.82 Å². The second-order valence-corrected chi connectivity index (χ2v) is 7.19. The van der Waals surface area contributed by atoms with E-state index in [0.29, 0.717) is 42.1 Å². The molecular weight excluding hydrogens is 453 g/mol. The highest BCUT2D eigenvalue weighted by Crippen LogP contribution is 2.29. The molecule has 4 rings (SSSR count). The normalized spacial score (nSPS) is 14.9. The average molecular weight is 468 g/mol. The Kier molecular flexibility index (Phi) is 5.38. The summed E-state index contributed by atoms with van der Waals surface area (Å²) in [6.45, 7) is 0.797. The summed E-state index contributed by atoms with van der Waals surface area (Å²) in [4.78, 5) is 17.1. The number of piperidine rings is 1. The summed E-state index contributed by atoms with van der Waals surface area (Å²) in [6.07, 6.45) is 1.30. The van der Waals surface area contributed by atoms with Gasteiger partial charge >= 0.3 is 5.97 Å². The van der Waals surface area contributed by atoms with E-state index >= 15 is 0 Å². The zero-order chi connectivity index (χ0) is 20.4. The molecule has 0 amide bonds. The van der Waals surface area contributed by atoms with Crippen LogP contribution >= 0.6 is 15.9 Å². The molecule has 0 radical (unpaired) electrons. The molecule has 29 heavy (non-hydrogen) atoms. The van der Waals surface area contributed by atoms with Gasteiger partial charge in [-0.1, -0.05) is 0 Å². The highest BCUT2D eigenvalue weighted by atomic mass is 79.9. The molecule has 1 aliphatic rings. The fraction of sp³-hybridized carbons (Fsp3) is 0.375. The molecule has 1 aromatic carbocycles. The number of anilines is 1. The topological polar surface area (TPSA) is 132 Å². The minimum absolute atomic E-state index is 0.0355. The lowest BCUT2D eigenvalue weighted by molar-refractivity contribution is -0.137. The molecule has 0 bridgehead atoms. The number of nitrogens with zero attached hydrogens (tertiary/aromatic N) is 7. The maximum atomic E-state index is 13.4. The number of rotatable bonds is 6. The fourth-order valence-electron chi connectivity index (χ4n) is 2.95.